The van der Waals surface area contributed by atoms with Crippen LogP contribution in [-0.4, -0.2) is 33.2 Å². The molecule has 7 heteroatoms. The second-order valence-electron chi connectivity index (χ2n) is 7.35. The fourth-order valence-corrected chi connectivity index (χ4v) is 4.72. The number of carbonyl (C=O) groups is 1. The molecule has 30 heavy (non-hydrogen) atoms. The van der Waals surface area contributed by atoms with E-state index in [1.54, 1.807) is 17.2 Å². The van der Waals surface area contributed by atoms with Gasteiger partial charge in [0.1, 0.15) is 6.54 Å². The van der Waals surface area contributed by atoms with Gasteiger partial charge < -0.3 is 10.0 Å². The van der Waals surface area contributed by atoms with E-state index in [0.29, 0.717) is 18.0 Å². The molecule has 0 aliphatic carbocycles. The van der Waals surface area contributed by atoms with Crippen molar-refractivity contribution >= 4 is 40.8 Å². The fourth-order valence-electron chi connectivity index (χ4n) is 3.89. The number of aliphatic imine (C=N–C) groups is 1. The van der Waals surface area contributed by atoms with Crippen molar-refractivity contribution in [1.29, 1.82) is 0 Å². The van der Waals surface area contributed by atoms with Crippen LogP contribution in [-0.2, 0) is 24.3 Å². The Morgan fingerprint density at radius 2 is 1.90 bits per heavy atom. The quantitative estimate of drug-likeness (QED) is 0.709. The average Bonchev–Trinajstić information content (AvgIpc) is 3.29. The van der Waals surface area contributed by atoms with E-state index in [1.165, 1.54) is 5.56 Å². The van der Waals surface area contributed by atoms with Gasteiger partial charge in [0.05, 0.1) is 10.6 Å². The van der Waals surface area contributed by atoms with Crippen LogP contribution < -0.4 is 4.87 Å². The summed E-state index contributed by atoms with van der Waals surface area (Å²) in [4.78, 5) is 31.5. The van der Waals surface area contributed by atoms with Gasteiger partial charge in [-0.1, -0.05) is 53.8 Å². The lowest BCUT2D eigenvalue weighted by Crippen LogP contribution is -2.39. The van der Waals surface area contributed by atoms with Crippen LogP contribution >= 0.6 is 11.3 Å². The molecule has 3 aromatic rings. The van der Waals surface area contributed by atoms with Gasteiger partial charge >= 0.3 is 4.87 Å². The van der Waals surface area contributed by atoms with Crippen LogP contribution in [0.3, 0.4) is 0 Å². The minimum atomic E-state index is -0.353. The summed E-state index contributed by atoms with van der Waals surface area (Å²) in [6, 6.07) is 15.8. The molecule has 0 saturated heterocycles. The third-order valence-corrected chi connectivity index (χ3v) is 6.43. The summed E-state index contributed by atoms with van der Waals surface area (Å²) in [5.74, 6) is -0.354. The highest BCUT2D eigenvalue weighted by atomic mass is 32.1. The second-order valence-corrected chi connectivity index (χ2v) is 8.34. The Hall–Kier alpha value is -3.45. The maximum atomic E-state index is 12.8. The average molecular weight is 417 g/mol. The monoisotopic (exact) mass is 417 g/mol. The molecule has 1 aromatic heterocycles. The molecular weight excluding hydrogens is 398 g/mol. The summed E-state index contributed by atoms with van der Waals surface area (Å²) in [6.07, 6.45) is 4.26. The van der Waals surface area contributed by atoms with Gasteiger partial charge in [-0.15, -0.1) is 0 Å². The Morgan fingerprint density at radius 1 is 1.13 bits per heavy atom. The molecule has 2 aliphatic rings. The number of thiazole rings is 1. The normalized spacial score (nSPS) is 16.0. The minimum Gasteiger partial charge on any atom is -0.493 e. The molecule has 0 saturated carbocycles. The first kappa shape index (κ1) is 18.6. The molecule has 0 atom stereocenters. The summed E-state index contributed by atoms with van der Waals surface area (Å²) in [5.41, 5.74) is 5.02. The first-order valence-electron chi connectivity index (χ1n) is 9.72. The molecule has 0 unspecified atom stereocenters. The van der Waals surface area contributed by atoms with Gasteiger partial charge in [-0.2, -0.15) is 0 Å². The molecular formula is C23H19N3O3S. The Balaban J connectivity index is 1.38. The Bertz CT molecular complexity index is 1270. The van der Waals surface area contributed by atoms with Gasteiger partial charge in [-0.3, -0.25) is 19.1 Å². The van der Waals surface area contributed by atoms with Gasteiger partial charge in [0.15, 0.2) is 0 Å². The van der Waals surface area contributed by atoms with Crippen LogP contribution in [0.2, 0.25) is 0 Å². The van der Waals surface area contributed by atoms with E-state index in [2.05, 4.69) is 11.1 Å². The molecule has 3 heterocycles. The SMILES string of the molecule is O=C(Cn1c(O)c(C=C2C=Nc3ccccc32)sc1=O)N1CCc2ccccc2C1. The van der Waals surface area contributed by atoms with Gasteiger partial charge in [0, 0.05) is 30.4 Å². The van der Waals surface area contributed by atoms with Gasteiger partial charge in [-0.25, -0.2) is 0 Å². The van der Waals surface area contributed by atoms with Crippen molar-refractivity contribution in [3.63, 3.8) is 0 Å². The van der Waals surface area contributed by atoms with E-state index < -0.39 is 0 Å². The molecule has 1 amide bonds. The highest BCUT2D eigenvalue weighted by Crippen LogP contribution is 2.34. The number of rotatable bonds is 3. The van der Waals surface area contributed by atoms with Crippen molar-refractivity contribution in [2.24, 2.45) is 4.99 Å². The molecule has 0 fully saturated rings. The van der Waals surface area contributed by atoms with E-state index >= 15 is 0 Å². The summed E-state index contributed by atoms with van der Waals surface area (Å²) < 4.78 is 1.15. The van der Waals surface area contributed by atoms with Crippen molar-refractivity contribution in [2.45, 2.75) is 19.5 Å². The molecule has 0 bridgehead atoms. The zero-order valence-electron chi connectivity index (χ0n) is 16.1. The molecule has 6 nitrogen and oxygen atoms in total. The molecule has 5 rings (SSSR count). The van der Waals surface area contributed by atoms with Crippen LogP contribution in [0.15, 0.2) is 58.3 Å². The number of hydrogen-bond donors (Lipinski definition) is 1. The maximum Gasteiger partial charge on any atom is 0.311 e. The zero-order valence-corrected chi connectivity index (χ0v) is 16.9. The molecule has 2 aliphatic heterocycles. The number of amides is 1. The third-order valence-electron chi connectivity index (χ3n) is 5.51. The number of fused-ring (bicyclic) bond motifs is 2. The number of aromatic nitrogens is 1. The topological polar surface area (TPSA) is 74.9 Å². The number of hydrogen-bond acceptors (Lipinski definition) is 5. The molecule has 150 valence electrons. The Labute approximate surface area is 177 Å². The van der Waals surface area contributed by atoms with E-state index in [-0.39, 0.29) is 23.2 Å². The minimum absolute atomic E-state index is 0.169. The molecule has 2 aromatic carbocycles. The van der Waals surface area contributed by atoms with Gasteiger partial charge in [0.25, 0.3) is 0 Å². The zero-order chi connectivity index (χ0) is 20.7. The first-order chi connectivity index (χ1) is 14.6. The van der Waals surface area contributed by atoms with Crippen molar-refractivity contribution in [3.05, 3.63) is 79.8 Å². The van der Waals surface area contributed by atoms with E-state index in [9.17, 15) is 14.7 Å². The van der Waals surface area contributed by atoms with Crippen molar-refractivity contribution in [2.75, 3.05) is 6.54 Å². The van der Waals surface area contributed by atoms with E-state index in [1.807, 2.05) is 42.5 Å². The van der Waals surface area contributed by atoms with Crippen molar-refractivity contribution in [1.82, 2.24) is 9.47 Å². The summed E-state index contributed by atoms with van der Waals surface area (Å²) in [5, 5.41) is 10.6. The Morgan fingerprint density at radius 3 is 2.77 bits per heavy atom. The van der Waals surface area contributed by atoms with Crippen LogP contribution in [0.25, 0.3) is 11.6 Å². The lowest BCUT2D eigenvalue weighted by atomic mass is 10.00. The lowest BCUT2D eigenvalue weighted by molar-refractivity contribution is -0.132. The van der Waals surface area contributed by atoms with Crippen LogP contribution in [0.1, 0.15) is 21.6 Å². The van der Waals surface area contributed by atoms with Crippen LogP contribution in [0, 0.1) is 0 Å². The van der Waals surface area contributed by atoms with Crippen LogP contribution in [0.5, 0.6) is 5.88 Å². The lowest BCUT2D eigenvalue weighted by Gasteiger charge is -2.29. The number of nitrogens with zero attached hydrogens (tertiary/aromatic N) is 3. The highest BCUT2D eigenvalue weighted by Gasteiger charge is 2.23. The van der Waals surface area contributed by atoms with Crippen molar-refractivity contribution in [3.8, 4) is 5.88 Å². The predicted molar refractivity (Wildman–Crippen MR) is 118 cm³/mol. The highest BCUT2D eigenvalue weighted by molar-refractivity contribution is 7.10. The summed E-state index contributed by atoms with van der Waals surface area (Å²) in [7, 11) is 0. The molecule has 1 N–H and O–H groups in total. The first-order valence-corrected chi connectivity index (χ1v) is 10.5. The number of allylic oxidation sites excluding steroid dienone is 1. The maximum absolute atomic E-state index is 12.8. The van der Waals surface area contributed by atoms with E-state index in [4.69, 9.17) is 0 Å². The number of benzene rings is 2. The second kappa shape index (κ2) is 7.42. The predicted octanol–water partition coefficient (Wildman–Crippen LogP) is 3.46. The summed E-state index contributed by atoms with van der Waals surface area (Å²) in [6.45, 7) is 0.968. The molecule has 0 spiro atoms. The fraction of sp³-hybridized carbons (Fsp3) is 0.174. The largest absolute Gasteiger partial charge is 0.493 e. The standard InChI is InChI=1S/C23H19N3O3S/c27-21(25-10-9-15-5-1-2-6-16(15)13-25)14-26-22(28)20(30-23(26)29)11-17-12-24-19-8-4-3-7-18(17)19/h1-8,11-12,28H,9-10,13-14H2. The number of para-hydroxylation sites is 1. The summed E-state index contributed by atoms with van der Waals surface area (Å²) >= 11 is 0.928. The Kier molecular flexibility index (Phi) is 4.59. The molecule has 0 radical (unpaired) electrons. The third kappa shape index (κ3) is 3.27. The van der Waals surface area contributed by atoms with Gasteiger partial charge in [-0.05, 0) is 29.7 Å². The van der Waals surface area contributed by atoms with E-state index in [0.717, 1.165) is 44.7 Å². The van der Waals surface area contributed by atoms with Crippen LogP contribution in [0.4, 0.5) is 5.69 Å². The van der Waals surface area contributed by atoms with Gasteiger partial charge in [0.2, 0.25) is 11.8 Å². The number of carbonyl (C=O) groups excluding carboxylic acids is 1. The number of aromatic hydroxyl groups is 1. The smallest absolute Gasteiger partial charge is 0.311 e. The van der Waals surface area contributed by atoms with Crippen molar-refractivity contribution < 1.29 is 9.90 Å².